The van der Waals surface area contributed by atoms with E-state index in [0.29, 0.717) is 19.3 Å². The molecule has 0 radical (unpaired) electrons. The molecule has 1 aromatic rings. The number of ether oxygens (including phenoxy) is 2. The largest absolute Gasteiger partial charge is 0.464 e. The van der Waals surface area contributed by atoms with E-state index in [1.54, 1.807) is 6.92 Å². The molecule has 0 heterocycles. The Kier molecular flexibility index (Phi) is 9.64. The lowest BCUT2D eigenvalue weighted by atomic mass is 9.80. The van der Waals surface area contributed by atoms with Crippen LogP contribution in [0.4, 0.5) is 4.79 Å². The van der Waals surface area contributed by atoms with E-state index in [2.05, 4.69) is 10.6 Å². The molecule has 1 fully saturated rings. The normalized spacial score (nSPS) is 16.2. The maximum atomic E-state index is 13.2. The first-order valence-electron chi connectivity index (χ1n) is 11.0. The van der Waals surface area contributed by atoms with Crippen molar-refractivity contribution in [1.29, 1.82) is 0 Å². The van der Waals surface area contributed by atoms with Crippen molar-refractivity contribution >= 4 is 18.0 Å². The molecule has 2 rings (SSSR count). The van der Waals surface area contributed by atoms with Gasteiger partial charge in [0.05, 0.1) is 6.61 Å². The summed E-state index contributed by atoms with van der Waals surface area (Å²) in [5, 5.41) is 5.65. The quantitative estimate of drug-likeness (QED) is 0.563. The fourth-order valence-corrected chi connectivity index (χ4v) is 3.72. The standard InChI is InChI=1S/C23H34N2O5/c1-3-5-14-19(20(26)29-4-2)24-21(27)23(15-10-7-11-16-23)25-22(28)30-17-18-12-8-6-9-13-18/h6,8-9,12-13,19H,3-5,7,10-11,14-17H2,1-2H3,(H,24,27)(H,25,28)/t19-/m0/s1. The first-order valence-corrected chi connectivity index (χ1v) is 11.0. The van der Waals surface area contributed by atoms with Crippen LogP contribution < -0.4 is 10.6 Å². The van der Waals surface area contributed by atoms with E-state index in [0.717, 1.165) is 37.7 Å². The zero-order chi connectivity index (χ0) is 21.8. The fourth-order valence-electron chi connectivity index (χ4n) is 3.72. The van der Waals surface area contributed by atoms with Crippen LogP contribution in [0, 0.1) is 0 Å². The zero-order valence-electron chi connectivity index (χ0n) is 18.1. The van der Waals surface area contributed by atoms with E-state index in [1.165, 1.54) is 0 Å². The topological polar surface area (TPSA) is 93.7 Å². The number of amides is 2. The smallest absolute Gasteiger partial charge is 0.408 e. The number of nitrogens with one attached hydrogen (secondary N) is 2. The van der Waals surface area contributed by atoms with E-state index in [9.17, 15) is 14.4 Å². The van der Waals surface area contributed by atoms with Crippen LogP contribution in [0.15, 0.2) is 30.3 Å². The minimum absolute atomic E-state index is 0.131. The second-order valence-electron chi connectivity index (χ2n) is 7.75. The van der Waals surface area contributed by atoms with Gasteiger partial charge in [-0.1, -0.05) is 69.4 Å². The summed E-state index contributed by atoms with van der Waals surface area (Å²) in [5.41, 5.74) is -0.195. The van der Waals surface area contributed by atoms with Crippen molar-refractivity contribution in [3.63, 3.8) is 0 Å². The van der Waals surface area contributed by atoms with Gasteiger partial charge in [-0.2, -0.15) is 0 Å². The number of unbranched alkanes of at least 4 members (excludes halogenated alkanes) is 1. The van der Waals surface area contributed by atoms with E-state index >= 15 is 0 Å². The molecule has 0 bridgehead atoms. The van der Waals surface area contributed by atoms with Crippen molar-refractivity contribution in [3.05, 3.63) is 35.9 Å². The van der Waals surface area contributed by atoms with Crippen LogP contribution in [0.5, 0.6) is 0 Å². The summed E-state index contributed by atoms with van der Waals surface area (Å²) in [6.07, 6.45) is 5.27. The summed E-state index contributed by atoms with van der Waals surface area (Å²) in [7, 11) is 0. The number of esters is 1. The third-order valence-corrected chi connectivity index (χ3v) is 5.42. The van der Waals surface area contributed by atoms with Gasteiger partial charge in [0.25, 0.3) is 0 Å². The molecule has 30 heavy (non-hydrogen) atoms. The molecular formula is C23H34N2O5. The summed E-state index contributed by atoms with van der Waals surface area (Å²) in [6.45, 7) is 4.15. The predicted octanol–water partition coefficient (Wildman–Crippen LogP) is 3.85. The maximum absolute atomic E-state index is 13.2. The SMILES string of the molecule is CCCC[C@H](NC(=O)C1(NC(=O)OCc2ccccc2)CCCCC1)C(=O)OCC. The predicted molar refractivity (Wildman–Crippen MR) is 114 cm³/mol. The number of rotatable bonds is 10. The summed E-state index contributed by atoms with van der Waals surface area (Å²) in [6, 6.07) is 8.67. The van der Waals surface area contributed by atoms with Crippen LogP contribution in [-0.4, -0.2) is 36.2 Å². The van der Waals surface area contributed by atoms with E-state index < -0.39 is 23.6 Å². The molecule has 1 aromatic carbocycles. The number of carbonyl (C=O) groups excluding carboxylic acids is 3. The lowest BCUT2D eigenvalue weighted by Crippen LogP contribution is -2.62. The van der Waals surface area contributed by atoms with Gasteiger partial charge in [-0.05, 0) is 31.7 Å². The molecule has 0 aliphatic heterocycles. The minimum Gasteiger partial charge on any atom is -0.464 e. The number of carbonyl (C=O) groups is 3. The van der Waals surface area contributed by atoms with E-state index in [4.69, 9.17) is 9.47 Å². The molecule has 2 N–H and O–H groups in total. The Morgan fingerprint density at radius 3 is 2.37 bits per heavy atom. The summed E-state index contributed by atoms with van der Waals surface area (Å²) in [5.74, 6) is -0.773. The van der Waals surface area contributed by atoms with Gasteiger partial charge >= 0.3 is 12.1 Å². The maximum Gasteiger partial charge on any atom is 0.408 e. The molecule has 0 aromatic heterocycles. The zero-order valence-corrected chi connectivity index (χ0v) is 18.1. The summed E-state index contributed by atoms with van der Waals surface area (Å²) < 4.78 is 10.5. The van der Waals surface area contributed by atoms with Crippen molar-refractivity contribution in [2.24, 2.45) is 0 Å². The van der Waals surface area contributed by atoms with Crippen molar-refractivity contribution in [1.82, 2.24) is 10.6 Å². The first kappa shape index (κ1) is 23.7. The summed E-state index contributed by atoms with van der Waals surface area (Å²) >= 11 is 0. The highest BCUT2D eigenvalue weighted by Gasteiger charge is 2.42. The third kappa shape index (κ3) is 7.04. The first-order chi connectivity index (χ1) is 14.5. The van der Waals surface area contributed by atoms with Gasteiger partial charge in [0.15, 0.2) is 0 Å². The molecule has 166 valence electrons. The van der Waals surface area contributed by atoms with Crippen LogP contribution in [0.1, 0.15) is 70.8 Å². The molecule has 7 heteroatoms. The Hall–Kier alpha value is -2.57. The van der Waals surface area contributed by atoms with Crippen LogP contribution in [0.2, 0.25) is 0 Å². The lowest BCUT2D eigenvalue weighted by molar-refractivity contribution is -0.148. The van der Waals surface area contributed by atoms with Gasteiger partial charge in [0.2, 0.25) is 5.91 Å². The van der Waals surface area contributed by atoms with Crippen LogP contribution in [0.3, 0.4) is 0 Å². The fraction of sp³-hybridized carbons (Fsp3) is 0.609. The highest BCUT2D eigenvalue weighted by molar-refractivity contribution is 5.93. The molecular weight excluding hydrogens is 384 g/mol. The number of hydrogen-bond donors (Lipinski definition) is 2. The van der Waals surface area contributed by atoms with Gasteiger partial charge in [-0.3, -0.25) is 4.79 Å². The number of benzene rings is 1. The van der Waals surface area contributed by atoms with Gasteiger partial charge < -0.3 is 20.1 Å². The average Bonchev–Trinajstić information content (AvgIpc) is 2.76. The molecule has 2 amide bonds. The molecule has 0 saturated heterocycles. The molecule has 7 nitrogen and oxygen atoms in total. The molecule has 1 atom stereocenters. The lowest BCUT2D eigenvalue weighted by Gasteiger charge is -2.37. The Labute approximate surface area is 178 Å². The van der Waals surface area contributed by atoms with Gasteiger partial charge in [-0.15, -0.1) is 0 Å². The Bertz CT molecular complexity index is 686. The van der Waals surface area contributed by atoms with Crippen molar-refractivity contribution in [3.8, 4) is 0 Å². The Morgan fingerprint density at radius 1 is 1.03 bits per heavy atom. The van der Waals surface area contributed by atoms with Gasteiger partial charge in [0.1, 0.15) is 18.2 Å². The van der Waals surface area contributed by atoms with Crippen LogP contribution in [-0.2, 0) is 25.7 Å². The number of hydrogen-bond acceptors (Lipinski definition) is 5. The minimum atomic E-state index is -1.07. The van der Waals surface area contributed by atoms with Crippen molar-refractivity contribution in [2.75, 3.05) is 6.61 Å². The highest BCUT2D eigenvalue weighted by Crippen LogP contribution is 2.29. The number of alkyl carbamates (subject to hydrolysis) is 1. The Morgan fingerprint density at radius 2 is 1.73 bits per heavy atom. The second kappa shape index (κ2) is 12.2. The second-order valence-corrected chi connectivity index (χ2v) is 7.75. The molecule has 0 spiro atoms. The van der Waals surface area contributed by atoms with Gasteiger partial charge in [-0.25, -0.2) is 9.59 Å². The Balaban J connectivity index is 2.04. The molecule has 1 aliphatic rings. The molecule has 1 saturated carbocycles. The monoisotopic (exact) mass is 418 g/mol. The van der Waals surface area contributed by atoms with Crippen molar-refractivity contribution in [2.45, 2.75) is 83.4 Å². The molecule has 1 aliphatic carbocycles. The van der Waals surface area contributed by atoms with Crippen molar-refractivity contribution < 1.29 is 23.9 Å². The van der Waals surface area contributed by atoms with Crippen LogP contribution in [0.25, 0.3) is 0 Å². The highest BCUT2D eigenvalue weighted by atomic mass is 16.5. The average molecular weight is 419 g/mol. The molecule has 0 unspecified atom stereocenters. The summed E-state index contributed by atoms with van der Waals surface area (Å²) in [4.78, 5) is 38.0. The van der Waals surface area contributed by atoms with E-state index in [1.807, 2.05) is 37.3 Å². The van der Waals surface area contributed by atoms with E-state index in [-0.39, 0.29) is 19.1 Å². The third-order valence-electron chi connectivity index (χ3n) is 5.42. The van der Waals surface area contributed by atoms with Gasteiger partial charge in [0, 0.05) is 0 Å². The van der Waals surface area contributed by atoms with Crippen LogP contribution >= 0.6 is 0 Å².